The van der Waals surface area contributed by atoms with Crippen molar-refractivity contribution in [2.45, 2.75) is 39.0 Å². The molecule has 1 aliphatic rings. The number of rotatable bonds is 3. The van der Waals surface area contributed by atoms with E-state index >= 15 is 0 Å². The summed E-state index contributed by atoms with van der Waals surface area (Å²) < 4.78 is 0. The lowest BCUT2D eigenvalue weighted by atomic mass is 9.88. The first-order valence-electron chi connectivity index (χ1n) is 6.78. The van der Waals surface area contributed by atoms with Crippen LogP contribution >= 0.6 is 15.9 Å². The maximum atomic E-state index is 4.64. The zero-order valence-electron chi connectivity index (χ0n) is 11.6. The largest absolute Gasteiger partial charge is 0.356 e. The molecule has 1 aliphatic heterocycles. The maximum absolute atomic E-state index is 4.64. The first kappa shape index (κ1) is 13.9. The zero-order chi connectivity index (χ0) is 13.2. The van der Waals surface area contributed by atoms with Crippen LogP contribution in [0.4, 0.5) is 5.82 Å². The molecular formula is C15H23BrN2. The molecule has 1 aromatic rings. The maximum Gasteiger partial charge on any atom is 0.128 e. The van der Waals surface area contributed by atoms with Crippen LogP contribution in [0.5, 0.6) is 0 Å². The normalized spacial score (nSPS) is 20.4. The summed E-state index contributed by atoms with van der Waals surface area (Å²) in [4.78, 5) is 7.05. The van der Waals surface area contributed by atoms with Crippen molar-refractivity contribution in [2.75, 3.05) is 23.3 Å². The molecule has 1 aromatic heterocycles. The van der Waals surface area contributed by atoms with E-state index in [0.29, 0.717) is 0 Å². The first-order chi connectivity index (χ1) is 8.50. The summed E-state index contributed by atoms with van der Waals surface area (Å²) >= 11 is 3.53. The molecule has 0 amide bonds. The van der Waals surface area contributed by atoms with E-state index < -0.39 is 0 Å². The smallest absolute Gasteiger partial charge is 0.128 e. The van der Waals surface area contributed by atoms with Gasteiger partial charge in [0.1, 0.15) is 5.82 Å². The topological polar surface area (TPSA) is 16.1 Å². The van der Waals surface area contributed by atoms with Crippen molar-refractivity contribution in [3.8, 4) is 0 Å². The van der Waals surface area contributed by atoms with Gasteiger partial charge in [-0.25, -0.2) is 4.98 Å². The van der Waals surface area contributed by atoms with Crippen LogP contribution in [0.2, 0.25) is 0 Å². The van der Waals surface area contributed by atoms with Crippen LogP contribution < -0.4 is 4.90 Å². The predicted octanol–water partition coefficient (Wildman–Crippen LogP) is 3.99. The Morgan fingerprint density at radius 1 is 1.39 bits per heavy atom. The van der Waals surface area contributed by atoms with Crippen molar-refractivity contribution in [3.05, 3.63) is 23.9 Å². The Bertz CT molecular complexity index is 380. The van der Waals surface area contributed by atoms with Crippen molar-refractivity contribution < 1.29 is 0 Å². The number of nitrogens with zero attached hydrogens (tertiary/aromatic N) is 2. The van der Waals surface area contributed by atoms with Crippen LogP contribution in [-0.4, -0.2) is 23.4 Å². The third-order valence-corrected chi connectivity index (χ3v) is 4.20. The Kier molecular flexibility index (Phi) is 4.31. The molecule has 1 saturated heterocycles. The number of alkyl halides is 1. The van der Waals surface area contributed by atoms with Crippen molar-refractivity contribution >= 4 is 21.7 Å². The minimum Gasteiger partial charge on any atom is -0.356 e. The molecule has 0 bridgehead atoms. The number of hydrogen-bond donors (Lipinski definition) is 0. The summed E-state index contributed by atoms with van der Waals surface area (Å²) in [6, 6.07) is 4.40. The van der Waals surface area contributed by atoms with E-state index in [1.54, 1.807) is 0 Å². The second kappa shape index (κ2) is 5.60. The third-order valence-electron chi connectivity index (χ3n) is 3.74. The highest BCUT2D eigenvalue weighted by Gasteiger charge is 2.23. The average Bonchev–Trinajstić information content (AvgIpc) is 2.77. The molecule has 1 fully saturated rings. The van der Waals surface area contributed by atoms with E-state index in [9.17, 15) is 0 Å². The fraction of sp³-hybridized carbons (Fsp3) is 0.667. The molecule has 0 saturated carbocycles. The number of hydrogen-bond acceptors (Lipinski definition) is 2. The minimum absolute atomic E-state index is 0.190. The summed E-state index contributed by atoms with van der Waals surface area (Å²) in [5.74, 6) is 1.97. The third kappa shape index (κ3) is 3.25. The van der Waals surface area contributed by atoms with E-state index in [0.717, 1.165) is 30.2 Å². The van der Waals surface area contributed by atoms with E-state index in [1.165, 1.54) is 18.4 Å². The molecule has 2 rings (SSSR count). The Labute approximate surface area is 119 Å². The van der Waals surface area contributed by atoms with Gasteiger partial charge in [-0.1, -0.05) is 42.8 Å². The van der Waals surface area contributed by atoms with Gasteiger partial charge in [0.05, 0.1) is 0 Å². The molecule has 2 nitrogen and oxygen atoms in total. The quantitative estimate of drug-likeness (QED) is 0.785. The van der Waals surface area contributed by atoms with E-state index in [-0.39, 0.29) is 5.41 Å². The molecule has 1 atom stereocenters. The molecule has 0 spiro atoms. The fourth-order valence-electron chi connectivity index (χ4n) is 2.45. The number of aromatic nitrogens is 1. The average molecular weight is 311 g/mol. The molecule has 0 aromatic carbocycles. The van der Waals surface area contributed by atoms with E-state index in [1.807, 2.05) is 6.20 Å². The molecule has 100 valence electrons. The van der Waals surface area contributed by atoms with Gasteiger partial charge in [0.25, 0.3) is 0 Å². The van der Waals surface area contributed by atoms with Gasteiger partial charge in [-0.05, 0) is 35.8 Å². The van der Waals surface area contributed by atoms with Gasteiger partial charge >= 0.3 is 0 Å². The van der Waals surface area contributed by atoms with Gasteiger partial charge in [-0.15, -0.1) is 0 Å². The Morgan fingerprint density at radius 3 is 2.72 bits per heavy atom. The molecule has 3 heteroatoms. The lowest BCUT2D eigenvalue weighted by molar-refractivity contribution is 0.575. The van der Waals surface area contributed by atoms with Gasteiger partial charge in [0, 0.05) is 24.6 Å². The van der Waals surface area contributed by atoms with Crippen molar-refractivity contribution in [3.63, 3.8) is 0 Å². The van der Waals surface area contributed by atoms with Gasteiger partial charge in [0.15, 0.2) is 0 Å². The van der Waals surface area contributed by atoms with Crippen molar-refractivity contribution in [1.29, 1.82) is 0 Å². The highest BCUT2D eigenvalue weighted by Crippen LogP contribution is 2.27. The molecule has 0 radical (unpaired) electrons. The molecule has 0 aliphatic carbocycles. The Balaban J connectivity index is 2.03. The van der Waals surface area contributed by atoms with Crippen LogP contribution in [0, 0.1) is 5.92 Å². The van der Waals surface area contributed by atoms with Gasteiger partial charge in [-0.3, -0.25) is 0 Å². The summed E-state index contributed by atoms with van der Waals surface area (Å²) in [5.41, 5.74) is 1.50. The second-order valence-electron chi connectivity index (χ2n) is 6.23. The highest BCUT2D eigenvalue weighted by atomic mass is 79.9. The monoisotopic (exact) mass is 310 g/mol. The Morgan fingerprint density at radius 2 is 2.17 bits per heavy atom. The summed E-state index contributed by atoms with van der Waals surface area (Å²) in [5, 5.41) is 1.11. The molecular weight excluding hydrogens is 288 g/mol. The lowest BCUT2D eigenvalue weighted by Crippen LogP contribution is -2.21. The number of anilines is 1. The fourth-order valence-corrected chi connectivity index (χ4v) is 3.09. The number of pyridine rings is 1. The van der Waals surface area contributed by atoms with E-state index in [4.69, 9.17) is 0 Å². The van der Waals surface area contributed by atoms with Gasteiger partial charge in [0.2, 0.25) is 0 Å². The van der Waals surface area contributed by atoms with Crippen LogP contribution in [0.15, 0.2) is 18.3 Å². The first-order valence-corrected chi connectivity index (χ1v) is 7.90. The van der Waals surface area contributed by atoms with Crippen molar-refractivity contribution in [1.82, 2.24) is 4.98 Å². The van der Waals surface area contributed by atoms with Gasteiger partial charge < -0.3 is 4.90 Å². The second-order valence-corrected chi connectivity index (χ2v) is 7.03. The molecule has 0 N–H and O–H groups in total. The van der Waals surface area contributed by atoms with Gasteiger partial charge in [-0.2, -0.15) is 0 Å². The summed E-state index contributed by atoms with van der Waals surface area (Å²) in [7, 11) is 0. The predicted molar refractivity (Wildman–Crippen MR) is 81.7 cm³/mol. The molecule has 2 heterocycles. The zero-order valence-corrected chi connectivity index (χ0v) is 13.2. The Hall–Kier alpha value is -0.570. The van der Waals surface area contributed by atoms with Crippen molar-refractivity contribution in [2.24, 2.45) is 5.92 Å². The molecule has 1 unspecified atom stereocenters. The SMILES string of the molecule is CC(C)(C)c1ccc(N2CCC(CCBr)C2)nc1. The summed E-state index contributed by atoms with van der Waals surface area (Å²) in [6.07, 6.45) is 4.61. The van der Waals surface area contributed by atoms with Crippen LogP contribution in [0.25, 0.3) is 0 Å². The minimum atomic E-state index is 0.190. The van der Waals surface area contributed by atoms with E-state index in [2.05, 4.69) is 58.7 Å². The van der Waals surface area contributed by atoms with Crippen LogP contribution in [-0.2, 0) is 5.41 Å². The molecule has 18 heavy (non-hydrogen) atoms. The van der Waals surface area contributed by atoms with Crippen LogP contribution in [0.1, 0.15) is 39.2 Å². The number of halogens is 1. The summed E-state index contributed by atoms with van der Waals surface area (Å²) in [6.45, 7) is 9.00. The van der Waals surface area contributed by atoms with Crippen LogP contribution in [0.3, 0.4) is 0 Å². The highest BCUT2D eigenvalue weighted by molar-refractivity contribution is 9.09. The standard InChI is InChI=1S/C15H23BrN2/c1-15(2,3)13-4-5-14(17-10-13)18-9-7-12(11-18)6-8-16/h4-5,10,12H,6-9,11H2,1-3H3. The lowest BCUT2D eigenvalue weighted by Gasteiger charge is -2.21.